The molecule has 0 N–H and O–H groups in total. The summed E-state index contributed by atoms with van der Waals surface area (Å²) >= 11 is 3.06. The van der Waals surface area contributed by atoms with Crippen molar-refractivity contribution in [2.75, 3.05) is 4.90 Å². The molecule has 34 heavy (non-hydrogen) atoms. The fourth-order valence-corrected chi connectivity index (χ4v) is 5.85. The van der Waals surface area contributed by atoms with Crippen LogP contribution < -0.4 is 4.90 Å². The molecule has 0 saturated carbocycles. The van der Waals surface area contributed by atoms with Gasteiger partial charge in [-0.3, -0.25) is 14.3 Å². The predicted molar refractivity (Wildman–Crippen MR) is 138 cm³/mol. The number of carbonyl (C=O) groups is 1. The summed E-state index contributed by atoms with van der Waals surface area (Å²) in [6.45, 7) is 12.8. The summed E-state index contributed by atoms with van der Waals surface area (Å²) < 4.78 is 7.66. The summed E-state index contributed by atoms with van der Waals surface area (Å²) in [7, 11) is 0. The first-order chi connectivity index (χ1) is 16.2. The number of amides is 1. The van der Waals surface area contributed by atoms with Gasteiger partial charge in [0.2, 0.25) is 5.91 Å². The summed E-state index contributed by atoms with van der Waals surface area (Å²) in [5, 5.41) is 12.3. The van der Waals surface area contributed by atoms with Gasteiger partial charge in [-0.15, -0.1) is 21.5 Å². The normalized spacial score (nSPS) is 11.4. The van der Waals surface area contributed by atoms with Crippen LogP contribution in [0.25, 0.3) is 11.6 Å². The number of benzene rings is 1. The van der Waals surface area contributed by atoms with Gasteiger partial charge in [0.15, 0.2) is 21.9 Å². The van der Waals surface area contributed by atoms with E-state index in [9.17, 15) is 4.79 Å². The monoisotopic (exact) mass is 495 g/mol. The second-order valence-corrected chi connectivity index (χ2v) is 10.6. The van der Waals surface area contributed by atoms with E-state index in [1.807, 2.05) is 31.4 Å². The highest BCUT2D eigenvalue weighted by Crippen LogP contribution is 2.36. The van der Waals surface area contributed by atoms with E-state index < -0.39 is 0 Å². The fourth-order valence-electron chi connectivity index (χ4n) is 4.03. The summed E-state index contributed by atoms with van der Waals surface area (Å²) in [5.41, 5.74) is 5.11. The van der Waals surface area contributed by atoms with Crippen LogP contribution in [0.1, 0.15) is 43.2 Å². The van der Waals surface area contributed by atoms with Gasteiger partial charge in [-0.1, -0.05) is 43.3 Å². The molecule has 3 heterocycles. The Morgan fingerprint density at radius 1 is 1.21 bits per heavy atom. The Morgan fingerprint density at radius 3 is 2.56 bits per heavy atom. The Hall–Kier alpha value is -2.91. The first-order valence-electron chi connectivity index (χ1n) is 11.2. The highest BCUT2D eigenvalue weighted by Gasteiger charge is 2.23. The van der Waals surface area contributed by atoms with Gasteiger partial charge in [0, 0.05) is 24.6 Å². The van der Waals surface area contributed by atoms with Crippen molar-refractivity contribution in [2.24, 2.45) is 5.92 Å². The second-order valence-electron chi connectivity index (χ2n) is 8.80. The van der Waals surface area contributed by atoms with Crippen molar-refractivity contribution in [1.29, 1.82) is 0 Å². The number of thioether (sulfide) groups is 1. The number of aromatic nitrogens is 4. The molecule has 9 heteroatoms. The lowest BCUT2D eigenvalue weighted by Gasteiger charge is -2.23. The zero-order valence-corrected chi connectivity index (χ0v) is 22.0. The van der Waals surface area contributed by atoms with Gasteiger partial charge in [-0.2, -0.15) is 0 Å². The minimum absolute atomic E-state index is 0.0524. The summed E-state index contributed by atoms with van der Waals surface area (Å²) in [6, 6.07) is 7.95. The average Bonchev–Trinajstić information content (AvgIpc) is 3.49. The minimum atomic E-state index is -0.0524. The second kappa shape index (κ2) is 10.1. The van der Waals surface area contributed by atoms with Crippen LogP contribution in [0, 0.1) is 26.7 Å². The van der Waals surface area contributed by atoms with Crippen molar-refractivity contribution < 1.29 is 9.21 Å². The predicted octanol–water partition coefficient (Wildman–Crippen LogP) is 6.55. The van der Waals surface area contributed by atoms with Gasteiger partial charge >= 0.3 is 0 Å². The maximum Gasteiger partial charge on any atom is 0.230 e. The molecule has 0 unspecified atom stereocenters. The fraction of sp³-hybridized carbons (Fsp3) is 0.360. The molecule has 0 bridgehead atoms. The Morgan fingerprint density at radius 2 is 1.94 bits per heavy atom. The van der Waals surface area contributed by atoms with Crippen LogP contribution in [0.5, 0.6) is 0 Å². The van der Waals surface area contributed by atoms with Crippen molar-refractivity contribution in [2.45, 2.75) is 59.0 Å². The van der Waals surface area contributed by atoms with Crippen LogP contribution >= 0.6 is 23.1 Å². The molecule has 178 valence electrons. The third kappa shape index (κ3) is 5.10. The summed E-state index contributed by atoms with van der Waals surface area (Å²) in [6.07, 6.45) is 1.64. The first-order valence-corrected chi connectivity index (χ1v) is 13.0. The lowest BCUT2D eigenvalue weighted by Crippen LogP contribution is -2.24. The maximum atomic E-state index is 12.6. The highest BCUT2D eigenvalue weighted by molar-refractivity contribution is 7.98. The zero-order chi connectivity index (χ0) is 24.4. The van der Waals surface area contributed by atoms with E-state index in [0.717, 1.165) is 40.0 Å². The number of nitrogens with zero attached hydrogens (tertiary/aromatic N) is 5. The van der Waals surface area contributed by atoms with Crippen LogP contribution in [-0.4, -0.2) is 25.7 Å². The lowest BCUT2D eigenvalue weighted by molar-refractivity contribution is -0.115. The van der Waals surface area contributed by atoms with Gasteiger partial charge in [0.05, 0.1) is 17.6 Å². The number of hydrogen-bond acceptors (Lipinski definition) is 7. The molecule has 0 aliphatic carbocycles. The van der Waals surface area contributed by atoms with Crippen molar-refractivity contribution in [3.8, 4) is 11.6 Å². The smallest absolute Gasteiger partial charge is 0.230 e. The molecule has 0 radical (unpaired) electrons. The standard InChI is InChI=1S/C25H29N5O2S2/c1-15(2)12-29-23(21-8-7-9-32-21)27-28-25(29)34-14-20-13-33-24(26-20)30(19(6)31)22-17(4)10-16(3)11-18(22)5/h7-11,13,15H,12,14H2,1-6H3. The third-order valence-electron chi connectivity index (χ3n) is 5.26. The molecular formula is C25H29N5O2S2. The number of furan rings is 1. The Balaban J connectivity index is 1.57. The van der Waals surface area contributed by atoms with Crippen LogP contribution in [0.4, 0.5) is 10.8 Å². The Labute approximate surface area is 208 Å². The number of carbonyl (C=O) groups excluding carboxylic acids is 1. The molecule has 3 aromatic heterocycles. The van der Waals surface area contributed by atoms with Crippen molar-refractivity contribution in [3.63, 3.8) is 0 Å². The topological polar surface area (TPSA) is 77.1 Å². The number of hydrogen-bond donors (Lipinski definition) is 0. The number of thiazole rings is 1. The molecule has 1 aromatic carbocycles. The van der Waals surface area contributed by atoms with E-state index in [1.165, 1.54) is 16.9 Å². The van der Waals surface area contributed by atoms with Gasteiger partial charge in [0.25, 0.3) is 0 Å². The molecule has 0 atom stereocenters. The first kappa shape index (κ1) is 24.2. The molecule has 1 amide bonds. The van der Waals surface area contributed by atoms with Gasteiger partial charge in [-0.05, 0) is 49.9 Å². The van der Waals surface area contributed by atoms with E-state index in [0.29, 0.717) is 22.6 Å². The number of rotatable bonds is 8. The lowest BCUT2D eigenvalue weighted by atomic mass is 10.0. The molecule has 0 aliphatic rings. The minimum Gasteiger partial charge on any atom is -0.461 e. The van der Waals surface area contributed by atoms with E-state index in [4.69, 9.17) is 9.40 Å². The van der Waals surface area contributed by atoms with Crippen LogP contribution in [0.2, 0.25) is 0 Å². The van der Waals surface area contributed by atoms with E-state index >= 15 is 0 Å². The molecule has 7 nitrogen and oxygen atoms in total. The van der Waals surface area contributed by atoms with Crippen molar-refractivity contribution in [1.82, 2.24) is 19.7 Å². The summed E-state index contributed by atoms with van der Waals surface area (Å²) in [4.78, 5) is 19.2. The number of anilines is 2. The van der Waals surface area contributed by atoms with Crippen LogP contribution in [0.15, 0.2) is 45.5 Å². The Bertz CT molecular complexity index is 1270. The van der Waals surface area contributed by atoms with Crippen molar-refractivity contribution >= 4 is 39.8 Å². The molecule has 0 fully saturated rings. The molecular weight excluding hydrogens is 466 g/mol. The Kier molecular flexibility index (Phi) is 7.23. The average molecular weight is 496 g/mol. The number of aryl methyl sites for hydroxylation is 3. The molecule has 4 rings (SSSR count). The molecule has 0 spiro atoms. The highest BCUT2D eigenvalue weighted by atomic mass is 32.2. The zero-order valence-electron chi connectivity index (χ0n) is 20.3. The largest absolute Gasteiger partial charge is 0.461 e. The summed E-state index contributed by atoms with van der Waals surface area (Å²) in [5.74, 6) is 2.44. The SMILES string of the molecule is CC(=O)N(c1nc(CSc2nnc(-c3ccco3)n2CC(C)C)cs1)c1c(C)cc(C)cc1C. The molecule has 0 aliphatic heterocycles. The van der Waals surface area contributed by atoms with Gasteiger partial charge in [-0.25, -0.2) is 4.98 Å². The van der Waals surface area contributed by atoms with E-state index in [-0.39, 0.29) is 5.91 Å². The van der Waals surface area contributed by atoms with Crippen LogP contribution in [-0.2, 0) is 17.1 Å². The molecule has 0 saturated heterocycles. The van der Waals surface area contributed by atoms with Crippen LogP contribution in [0.3, 0.4) is 0 Å². The molecule has 4 aromatic rings. The van der Waals surface area contributed by atoms with Gasteiger partial charge in [0.1, 0.15) is 0 Å². The van der Waals surface area contributed by atoms with Gasteiger partial charge < -0.3 is 4.42 Å². The maximum absolute atomic E-state index is 12.6. The van der Waals surface area contributed by atoms with E-state index in [2.05, 4.69) is 47.7 Å². The third-order valence-corrected chi connectivity index (χ3v) is 7.14. The van der Waals surface area contributed by atoms with E-state index in [1.54, 1.807) is 29.8 Å². The van der Waals surface area contributed by atoms with Crippen molar-refractivity contribution in [3.05, 3.63) is 58.3 Å². The quantitative estimate of drug-likeness (QED) is 0.258.